The third-order valence-corrected chi connectivity index (χ3v) is 3.54. The summed E-state index contributed by atoms with van der Waals surface area (Å²) >= 11 is 3.42. The van der Waals surface area contributed by atoms with E-state index >= 15 is 0 Å². The van der Waals surface area contributed by atoms with E-state index in [1.807, 2.05) is 24.3 Å². The van der Waals surface area contributed by atoms with E-state index in [0.29, 0.717) is 11.8 Å². The van der Waals surface area contributed by atoms with E-state index in [1.165, 1.54) is 0 Å². The zero-order valence-corrected chi connectivity index (χ0v) is 12.7. The van der Waals surface area contributed by atoms with Gasteiger partial charge in [-0.3, -0.25) is 0 Å². The first-order chi connectivity index (χ1) is 9.15. The molecule has 4 nitrogen and oxygen atoms in total. The highest BCUT2D eigenvalue weighted by molar-refractivity contribution is 9.10. The van der Waals surface area contributed by atoms with E-state index in [9.17, 15) is 0 Å². The van der Waals surface area contributed by atoms with Crippen molar-refractivity contribution in [3.63, 3.8) is 0 Å². The molecule has 0 aliphatic carbocycles. The molecule has 2 N–H and O–H groups in total. The smallest absolute Gasteiger partial charge is 0.227 e. The van der Waals surface area contributed by atoms with Crippen LogP contribution in [0, 0.1) is 0 Å². The van der Waals surface area contributed by atoms with Gasteiger partial charge in [0.15, 0.2) is 0 Å². The Balaban J connectivity index is 2.36. The molecule has 0 bridgehead atoms. The summed E-state index contributed by atoms with van der Waals surface area (Å²) in [5.74, 6) is 1.20. The molecule has 100 valence electrons. The summed E-state index contributed by atoms with van der Waals surface area (Å²) in [6, 6.07) is 7.95. The van der Waals surface area contributed by atoms with Gasteiger partial charge in [-0.05, 0) is 31.5 Å². The zero-order chi connectivity index (χ0) is 13.8. The fourth-order valence-electron chi connectivity index (χ4n) is 1.90. The molecule has 0 radical (unpaired) electrons. The number of nitrogen functional groups attached to an aromatic ring is 1. The average Bonchev–Trinajstić information content (AvgIpc) is 2.42. The van der Waals surface area contributed by atoms with Gasteiger partial charge in [0.25, 0.3) is 0 Å². The molecule has 0 aliphatic rings. The van der Waals surface area contributed by atoms with Crippen LogP contribution in [0.5, 0.6) is 0 Å². The minimum absolute atomic E-state index is 0.513. The lowest BCUT2D eigenvalue weighted by molar-refractivity contribution is 0.823. The third kappa shape index (κ3) is 3.04. The van der Waals surface area contributed by atoms with Gasteiger partial charge in [-0.15, -0.1) is 0 Å². The summed E-state index contributed by atoms with van der Waals surface area (Å²) in [7, 11) is 0. The number of aromatic nitrogens is 2. The Labute approximate surface area is 121 Å². The molecule has 1 aromatic heterocycles. The van der Waals surface area contributed by atoms with E-state index in [1.54, 1.807) is 6.20 Å². The fourth-order valence-corrected chi connectivity index (χ4v) is 2.16. The van der Waals surface area contributed by atoms with Gasteiger partial charge >= 0.3 is 0 Å². The molecular weight excluding hydrogens is 304 g/mol. The highest BCUT2D eigenvalue weighted by Crippen LogP contribution is 2.26. The molecule has 0 amide bonds. The van der Waals surface area contributed by atoms with Gasteiger partial charge in [0.05, 0.1) is 0 Å². The quantitative estimate of drug-likeness (QED) is 0.938. The Kier molecular flexibility index (Phi) is 4.37. The Morgan fingerprint density at radius 1 is 1.16 bits per heavy atom. The minimum atomic E-state index is 0.513. The van der Waals surface area contributed by atoms with Crippen LogP contribution in [-0.2, 0) is 0 Å². The molecule has 0 saturated heterocycles. The van der Waals surface area contributed by atoms with Crippen LogP contribution >= 0.6 is 15.9 Å². The molecule has 1 heterocycles. The topological polar surface area (TPSA) is 55.0 Å². The standard InChI is InChI=1S/C14H17BrN4/c1-3-19(4-2)14-17-9-12(13(16)18-14)10-5-7-11(15)8-6-10/h5-9H,3-4H2,1-2H3,(H2,16,17,18). The number of benzene rings is 1. The molecule has 0 fully saturated rings. The SMILES string of the molecule is CCN(CC)c1ncc(-c2ccc(Br)cc2)c(N)n1. The Morgan fingerprint density at radius 2 is 1.79 bits per heavy atom. The molecule has 2 aromatic rings. The first-order valence-electron chi connectivity index (χ1n) is 6.29. The van der Waals surface area contributed by atoms with E-state index in [0.717, 1.165) is 28.7 Å². The van der Waals surface area contributed by atoms with Gasteiger partial charge in [-0.1, -0.05) is 28.1 Å². The van der Waals surface area contributed by atoms with Gasteiger partial charge < -0.3 is 10.6 Å². The lowest BCUT2D eigenvalue weighted by atomic mass is 10.1. The maximum Gasteiger partial charge on any atom is 0.227 e. The van der Waals surface area contributed by atoms with Crippen LogP contribution < -0.4 is 10.6 Å². The molecule has 0 aliphatic heterocycles. The van der Waals surface area contributed by atoms with Crippen LogP contribution in [0.15, 0.2) is 34.9 Å². The Bertz CT molecular complexity index is 550. The highest BCUT2D eigenvalue weighted by Gasteiger charge is 2.10. The molecule has 19 heavy (non-hydrogen) atoms. The van der Waals surface area contributed by atoms with Crippen molar-refractivity contribution in [1.82, 2.24) is 9.97 Å². The number of nitrogens with zero attached hydrogens (tertiary/aromatic N) is 3. The van der Waals surface area contributed by atoms with E-state index in [2.05, 4.69) is 44.6 Å². The number of nitrogens with two attached hydrogens (primary N) is 1. The molecule has 0 saturated carbocycles. The van der Waals surface area contributed by atoms with E-state index in [-0.39, 0.29) is 0 Å². The number of halogens is 1. The van der Waals surface area contributed by atoms with Crippen molar-refractivity contribution < 1.29 is 0 Å². The number of rotatable bonds is 4. The van der Waals surface area contributed by atoms with Crippen molar-refractivity contribution >= 4 is 27.7 Å². The summed E-state index contributed by atoms with van der Waals surface area (Å²) < 4.78 is 1.04. The molecular formula is C14H17BrN4. The summed E-state index contributed by atoms with van der Waals surface area (Å²) in [5.41, 5.74) is 7.93. The maximum atomic E-state index is 6.05. The molecule has 1 aromatic carbocycles. The summed E-state index contributed by atoms with van der Waals surface area (Å²) in [6.45, 7) is 5.89. The molecule has 0 spiro atoms. The molecule has 0 atom stereocenters. The van der Waals surface area contributed by atoms with Crippen molar-refractivity contribution in [3.8, 4) is 11.1 Å². The van der Waals surface area contributed by atoms with Crippen molar-refractivity contribution in [2.24, 2.45) is 0 Å². The minimum Gasteiger partial charge on any atom is -0.383 e. The number of hydrogen-bond donors (Lipinski definition) is 1. The number of anilines is 2. The summed E-state index contributed by atoms with van der Waals surface area (Å²) in [4.78, 5) is 10.9. The van der Waals surface area contributed by atoms with Gasteiger partial charge in [0.2, 0.25) is 5.95 Å². The van der Waals surface area contributed by atoms with Gasteiger partial charge in [0.1, 0.15) is 5.82 Å². The van der Waals surface area contributed by atoms with Gasteiger partial charge in [-0.25, -0.2) is 4.98 Å². The van der Waals surface area contributed by atoms with Crippen LogP contribution in [0.4, 0.5) is 11.8 Å². The lowest BCUT2D eigenvalue weighted by Crippen LogP contribution is -2.24. The normalized spacial score (nSPS) is 10.5. The van der Waals surface area contributed by atoms with Crippen molar-refractivity contribution in [1.29, 1.82) is 0 Å². The van der Waals surface area contributed by atoms with Gasteiger partial charge in [-0.2, -0.15) is 4.98 Å². The number of hydrogen-bond acceptors (Lipinski definition) is 4. The predicted molar refractivity (Wildman–Crippen MR) is 83.1 cm³/mol. The van der Waals surface area contributed by atoms with E-state index < -0.39 is 0 Å². The fraction of sp³-hybridized carbons (Fsp3) is 0.286. The Morgan fingerprint density at radius 3 is 2.32 bits per heavy atom. The monoisotopic (exact) mass is 320 g/mol. The molecule has 2 rings (SSSR count). The Hall–Kier alpha value is -1.62. The van der Waals surface area contributed by atoms with Crippen LogP contribution in [0.3, 0.4) is 0 Å². The maximum absolute atomic E-state index is 6.05. The van der Waals surface area contributed by atoms with E-state index in [4.69, 9.17) is 5.73 Å². The van der Waals surface area contributed by atoms with Crippen LogP contribution in [-0.4, -0.2) is 23.1 Å². The van der Waals surface area contributed by atoms with Gasteiger partial charge in [0, 0.05) is 29.3 Å². The van der Waals surface area contributed by atoms with Crippen molar-refractivity contribution in [2.45, 2.75) is 13.8 Å². The third-order valence-electron chi connectivity index (χ3n) is 3.01. The highest BCUT2D eigenvalue weighted by atomic mass is 79.9. The second kappa shape index (κ2) is 6.02. The first kappa shape index (κ1) is 13.8. The summed E-state index contributed by atoms with van der Waals surface area (Å²) in [5, 5.41) is 0. The summed E-state index contributed by atoms with van der Waals surface area (Å²) in [6.07, 6.45) is 1.79. The van der Waals surface area contributed by atoms with Crippen molar-refractivity contribution in [2.75, 3.05) is 23.7 Å². The predicted octanol–water partition coefficient (Wildman–Crippen LogP) is 3.33. The lowest BCUT2D eigenvalue weighted by Gasteiger charge is -2.19. The van der Waals surface area contributed by atoms with Crippen molar-refractivity contribution in [3.05, 3.63) is 34.9 Å². The van der Waals surface area contributed by atoms with Crippen LogP contribution in [0.2, 0.25) is 0 Å². The second-order valence-corrected chi connectivity index (χ2v) is 5.06. The zero-order valence-electron chi connectivity index (χ0n) is 11.1. The molecule has 5 heteroatoms. The largest absolute Gasteiger partial charge is 0.383 e. The second-order valence-electron chi connectivity index (χ2n) is 4.15. The first-order valence-corrected chi connectivity index (χ1v) is 7.08. The average molecular weight is 321 g/mol. The van der Waals surface area contributed by atoms with Crippen LogP contribution in [0.1, 0.15) is 13.8 Å². The van der Waals surface area contributed by atoms with Crippen LogP contribution in [0.25, 0.3) is 11.1 Å². The molecule has 0 unspecified atom stereocenters.